The van der Waals surface area contributed by atoms with Gasteiger partial charge < -0.3 is 28.4 Å². The first-order chi connectivity index (χ1) is 47.5. The number of para-hydroxylation sites is 3. The minimum atomic E-state index is -0.371. The summed E-state index contributed by atoms with van der Waals surface area (Å²) in [6, 6.07) is 103. The van der Waals surface area contributed by atoms with E-state index in [9.17, 15) is 0 Å². The van der Waals surface area contributed by atoms with Crippen molar-refractivity contribution < 1.29 is 18.6 Å². The normalized spacial score (nSPS) is 15.3. The van der Waals surface area contributed by atoms with Gasteiger partial charge in [0.2, 0.25) is 0 Å². The predicted molar refractivity (Wildman–Crippen MR) is 417 cm³/mol. The summed E-state index contributed by atoms with van der Waals surface area (Å²) in [5, 5.41) is 7.37. The van der Waals surface area contributed by atoms with E-state index in [2.05, 4.69) is 355 Å². The molecule has 2 aliphatic heterocycles. The Morgan fingerprint density at radius 1 is 0.296 bits per heavy atom. The van der Waals surface area contributed by atoms with Crippen LogP contribution in [0.1, 0.15) is 55.4 Å². The number of rotatable bonds is 12. The lowest BCUT2D eigenvalue weighted by molar-refractivity contribution is 0.00578. The summed E-state index contributed by atoms with van der Waals surface area (Å²) in [6.45, 7) is 16.7. The zero-order valence-corrected chi connectivity index (χ0v) is 57.9. The Hall–Kier alpha value is -9.94. The highest BCUT2D eigenvalue weighted by Crippen LogP contribution is 2.49. The van der Waals surface area contributed by atoms with Crippen molar-refractivity contribution in [1.29, 1.82) is 0 Å². The Bertz CT molecular complexity index is 5340. The molecule has 98 heavy (non-hydrogen) atoms. The van der Waals surface area contributed by atoms with Crippen molar-refractivity contribution in [3.8, 4) is 44.5 Å². The number of pyridine rings is 1. The van der Waals surface area contributed by atoms with E-state index in [1.54, 1.807) is 0 Å². The lowest BCUT2D eigenvalue weighted by atomic mass is 9.78. The smallest absolute Gasteiger partial charge is 0.399 e. The van der Waals surface area contributed by atoms with Gasteiger partial charge >= 0.3 is 14.2 Å². The molecule has 2 saturated heterocycles. The third kappa shape index (κ3) is 11.8. The fraction of sp³-hybridized carbons (Fsp3) is 0.138. The van der Waals surface area contributed by atoms with Crippen molar-refractivity contribution in [2.75, 3.05) is 9.80 Å². The summed E-state index contributed by atoms with van der Waals surface area (Å²) >= 11 is 3.73. The number of anilines is 6. The molecule has 17 rings (SSSR count). The van der Waals surface area contributed by atoms with Crippen molar-refractivity contribution in [3.63, 3.8) is 0 Å². The van der Waals surface area contributed by atoms with Gasteiger partial charge in [-0.3, -0.25) is 4.98 Å². The number of hydrogen-bond donors (Lipinski definition) is 0. The number of aromatic nitrogens is 1. The summed E-state index contributed by atoms with van der Waals surface area (Å²) in [6.07, 6.45) is 3.79. The molecule has 478 valence electrons. The number of hydrogen-bond acceptors (Lipinski definition) is 9. The van der Waals surface area contributed by atoms with Gasteiger partial charge in [-0.15, -0.1) is 22.7 Å². The molecule has 0 radical (unpaired) electrons. The lowest BCUT2D eigenvalue weighted by Gasteiger charge is -2.32. The van der Waals surface area contributed by atoms with E-state index in [1.807, 2.05) is 35.1 Å². The van der Waals surface area contributed by atoms with Crippen LogP contribution < -0.4 is 20.7 Å². The average molecular weight is 1310 g/mol. The van der Waals surface area contributed by atoms with Gasteiger partial charge in [-0.1, -0.05) is 194 Å². The van der Waals surface area contributed by atoms with Crippen LogP contribution in [0.25, 0.3) is 95.6 Å². The van der Waals surface area contributed by atoms with Crippen LogP contribution in [-0.4, -0.2) is 41.6 Å². The molecular formula is C87H73B2N3O4S2. The molecule has 0 N–H and O–H groups in total. The van der Waals surface area contributed by atoms with E-state index in [1.165, 1.54) is 79.1 Å². The van der Waals surface area contributed by atoms with Gasteiger partial charge in [0.25, 0.3) is 0 Å². The fourth-order valence-electron chi connectivity index (χ4n) is 13.5. The van der Waals surface area contributed by atoms with Gasteiger partial charge in [-0.05, 0) is 196 Å². The lowest BCUT2D eigenvalue weighted by Crippen LogP contribution is -2.41. The Labute approximate surface area is 582 Å². The molecule has 15 aromatic rings. The highest BCUT2D eigenvalue weighted by atomic mass is 32.1. The van der Waals surface area contributed by atoms with Gasteiger partial charge in [-0.2, -0.15) is 0 Å². The largest absolute Gasteiger partial charge is 0.494 e. The SMILES string of the molecule is CC1(C)OB(c2ccc(-c3ccc(-c4cc(N(c5ccccc5)c5ccc6ccncc6c5)cc5c4sc4ccccc45)cc3)cc2)OC1(C)C.CC1(C)OB(c2ccc(-c3ccc(-c4cc(N(c5ccccc5)c5ccccc5)cc5c4sc4ccccc45)cc3)cc2)OC1(C)C. The molecule has 2 aliphatic rings. The predicted octanol–water partition coefficient (Wildman–Crippen LogP) is 22.9. The standard InChI is InChI=1S/C45H37BN2O2S.C42H36BNO2S/c1-44(2)45(3,4)50-46(49-44)35-21-18-31(19-22-35)30-14-16-33(17-15-30)40-27-38(28-41-39-12-8-9-13-42(39)51-43(40)41)48(36-10-6-5-7-11-36)37-23-20-32-24-25-47-29-34(32)26-37;1-41(2)42(3,4)46-43(45-41)32-25-23-30(24-26-32)29-19-21-31(22-20-29)37-27-35(28-38-36-17-11-12-18-39(36)47-40(37)38)44(33-13-7-5-8-14-33)34-15-9-6-10-16-34/h5-29H,1-4H3;5-28H,1-4H3. The van der Waals surface area contributed by atoms with Crippen LogP contribution in [0.15, 0.2) is 298 Å². The summed E-state index contributed by atoms with van der Waals surface area (Å²) in [5.41, 5.74) is 16.8. The van der Waals surface area contributed by atoms with Gasteiger partial charge in [-0.25, -0.2) is 0 Å². The van der Waals surface area contributed by atoms with Crippen molar-refractivity contribution in [3.05, 3.63) is 298 Å². The topological polar surface area (TPSA) is 56.3 Å². The van der Waals surface area contributed by atoms with E-state index in [4.69, 9.17) is 18.6 Å². The van der Waals surface area contributed by atoms with Crippen LogP contribution in [0.4, 0.5) is 34.1 Å². The van der Waals surface area contributed by atoms with E-state index in [0.717, 1.165) is 61.6 Å². The fourth-order valence-corrected chi connectivity index (χ4v) is 15.9. The molecule has 0 saturated carbocycles. The second-order valence-corrected chi connectivity index (χ2v) is 29.7. The van der Waals surface area contributed by atoms with Crippen LogP contribution in [0.5, 0.6) is 0 Å². The molecule has 0 bridgehead atoms. The van der Waals surface area contributed by atoms with Crippen molar-refractivity contribution in [2.45, 2.75) is 77.8 Å². The second kappa shape index (κ2) is 25.2. The number of benzene rings is 12. The Morgan fingerprint density at radius 3 is 1.04 bits per heavy atom. The summed E-state index contributed by atoms with van der Waals surface area (Å²) in [7, 11) is -0.733. The average Bonchev–Trinajstić information content (AvgIpc) is 1.61. The van der Waals surface area contributed by atoms with Crippen LogP contribution in [0, 0.1) is 0 Å². The van der Waals surface area contributed by atoms with Gasteiger partial charge in [0, 0.05) is 103 Å². The van der Waals surface area contributed by atoms with Crippen molar-refractivity contribution in [1.82, 2.24) is 4.98 Å². The van der Waals surface area contributed by atoms with Crippen molar-refractivity contribution >= 4 is 133 Å². The first-order valence-electron chi connectivity index (χ1n) is 33.6. The van der Waals surface area contributed by atoms with Crippen LogP contribution >= 0.6 is 22.7 Å². The van der Waals surface area contributed by atoms with Crippen molar-refractivity contribution in [2.24, 2.45) is 0 Å². The summed E-state index contributed by atoms with van der Waals surface area (Å²) < 4.78 is 30.3. The zero-order chi connectivity index (χ0) is 66.9. The van der Waals surface area contributed by atoms with Gasteiger partial charge in [0.05, 0.1) is 22.4 Å². The maximum absolute atomic E-state index is 6.29. The Balaban J connectivity index is 0.000000154. The highest BCUT2D eigenvalue weighted by Gasteiger charge is 2.53. The molecule has 11 heteroatoms. The molecule has 0 atom stereocenters. The minimum Gasteiger partial charge on any atom is -0.399 e. The minimum absolute atomic E-state index is 0.359. The Morgan fingerprint density at radius 2 is 0.643 bits per heavy atom. The molecule has 5 heterocycles. The monoisotopic (exact) mass is 1310 g/mol. The third-order valence-electron chi connectivity index (χ3n) is 20.3. The Kier molecular flexibility index (Phi) is 16.1. The number of nitrogens with zero attached hydrogens (tertiary/aromatic N) is 3. The summed E-state index contributed by atoms with van der Waals surface area (Å²) in [5.74, 6) is 0. The highest BCUT2D eigenvalue weighted by molar-refractivity contribution is 7.26. The van der Waals surface area contributed by atoms with Crippen LogP contribution in [-0.2, 0) is 18.6 Å². The van der Waals surface area contributed by atoms with E-state index >= 15 is 0 Å². The van der Waals surface area contributed by atoms with E-state index in [0.29, 0.717) is 0 Å². The van der Waals surface area contributed by atoms with Crippen LogP contribution in [0.2, 0.25) is 0 Å². The van der Waals surface area contributed by atoms with Gasteiger partial charge in [0.15, 0.2) is 0 Å². The number of thiophene rings is 2. The zero-order valence-electron chi connectivity index (χ0n) is 56.2. The first kappa shape index (κ1) is 62.8. The second-order valence-electron chi connectivity index (χ2n) is 27.6. The van der Waals surface area contributed by atoms with E-state index in [-0.39, 0.29) is 36.6 Å². The van der Waals surface area contributed by atoms with Gasteiger partial charge in [0.1, 0.15) is 0 Å². The molecule has 2 fully saturated rings. The molecule has 0 amide bonds. The maximum Gasteiger partial charge on any atom is 0.494 e. The molecule has 0 aliphatic carbocycles. The molecule has 3 aromatic heterocycles. The quantitative estimate of drug-likeness (QED) is 0.113. The molecule has 0 spiro atoms. The van der Waals surface area contributed by atoms with E-state index < -0.39 is 0 Å². The number of fused-ring (bicyclic) bond motifs is 7. The van der Waals surface area contributed by atoms with Crippen LogP contribution in [0.3, 0.4) is 0 Å². The molecule has 12 aromatic carbocycles. The molecule has 0 unspecified atom stereocenters. The molecular weight excluding hydrogens is 1240 g/mol. The summed E-state index contributed by atoms with van der Waals surface area (Å²) in [4.78, 5) is 9.13. The first-order valence-corrected chi connectivity index (χ1v) is 35.3. The molecule has 7 nitrogen and oxygen atoms in total. The third-order valence-corrected chi connectivity index (χ3v) is 22.7. The maximum atomic E-state index is 6.29.